The van der Waals surface area contributed by atoms with Crippen molar-refractivity contribution in [3.05, 3.63) is 0 Å². The first kappa shape index (κ1) is 41.6. The topological polar surface area (TPSA) is 161 Å². The molecule has 0 rings (SSSR count). The van der Waals surface area contributed by atoms with Crippen LogP contribution in [0.3, 0.4) is 0 Å². The van der Waals surface area contributed by atoms with Crippen LogP contribution in [0.25, 0.3) is 0 Å². The van der Waals surface area contributed by atoms with E-state index in [-0.39, 0.29) is 65.9 Å². The predicted molar refractivity (Wildman–Crippen MR) is 148 cm³/mol. The molecule has 0 atom stereocenters. The summed E-state index contributed by atoms with van der Waals surface area (Å²) in [7, 11) is -4.67. The molecular weight excluding hydrogens is 527 g/mol. The normalized spacial score (nSPS) is 10.5. The molecule has 0 aromatic rings. The van der Waals surface area contributed by atoms with E-state index in [2.05, 4.69) is 0 Å². The number of unbranched alkanes of at least 4 members (excludes halogenated alkanes) is 12. The molecule has 0 saturated heterocycles. The monoisotopic (exact) mass is 576 g/mol. The number of hydrogen-bond donors (Lipinski definition) is 2. The minimum absolute atomic E-state index is 0. The molecule has 0 aromatic heterocycles. The van der Waals surface area contributed by atoms with Gasteiger partial charge in [-0.3, -0.25) is 18.7 Å². The number of ketones is 2. The number of hydrogen-bond acceptors (Lipinski definition) is 8. The number of esters is 2. The van der Waals surface area contributed by atoms with Crippen LogP contribution in [0.15, 0.2) is 0 Å². The van der Waals surface area contributed by atoms with E-state index in [1.807, 2.05) is 0 Å². The maximum atomic E-state index is 11.7. The molecule has 0 aliphatic heterocycles. The molecule has 38 heavy (non-hydrogen) atoms. The van der Waals surface area contributed by atoms with Crippen molar-refractivity contribution in [3.8, 4) is 0 Å². The third-order valence-corrected chi connectivity index (χ3v) is 5.41. The summed E-state index contributed by atoms with van der Waals surface area (Å²) in [5.41, 5.74) is 0. The van der Waals surface area contributed by atoms with E-state index in [1.54, 1.807) is 13.8 Å². The van der Waals surface area contributed by atoms with Crippen LogP contribution in [-0.2, 0) is 39.1 Å². The van der Waals surface area contributed by atoms with Gasteiger partial charge in [-0.1, -0.05) is 64.2 Å². The van der Waals surface area contributed by atoms with E-state index >= 15 is 0 Å². The van der Waals surface area contributed by atoms with Crippen molar-refractivity contribution in [1.82, 2.24) is 0 Å². The fraction of sp³-hybridized carbons (Fsp3) is 0.846. The second-order valence-corrected chi connectivity index (χ2v) is 10.1. The molecule has 0 amide bonds. The number of ether oxygens (including phenoxy) is 2. The summed E-state index contributed by atoms with van der Waals surface area (Å²) < 4.78 is 41.9. The van der Waals surface area contributed by atoms with Crippen molar-refractivity contribution in [2.24, 2.45) is 0 Å². The van der Waals surface area contributed by atoms with Crippen LogP contribution in [0.2, 0.25) is 0 Å². The van der Waals surface area contributed by atoms with Crippen LogP contribution in [-0.4, -0.2) is 83.8 Å². The van der Waals surface area contributed by atoms with Gasteiger partial charge in [0, 0.05) is 12.8 Å². The Balaban J connectivity index is -0.00000185. The Morgan fingerprint density at radius 1 is 0.500 bits per heavy atom. The standard InChI is InChI=1S/C26H46O6.Na.H2O4S.H/c1-23(27)17-13-9-5-3-7-11-15-21-31-25(29)19-20-26(30)32-22-16-12-8-4-6-10-14-18-24(2)28;;1-5(2,3)4;/h3-22H2,1-2H3;;(H2,1,2,3,4);. The second-order valence-electron chi connectivity index (χ2n) is 9.24. The Morgan fingerprint density at radius 3 is 1.00 bits per heavy atom. The molecule has 0 saturated carbocycles. The quantitative estimate of drug-likeness (QED) is 0.0735. The molecule has 0 bridgehead atoms. The van der Waals surface area contributed by atoms with Gasteiger partial charge in [-0.15, -0.1) is 0 Å². The van der Waals surface area contributed by atoms with Crippen molar-refractivity contribution in [2.75, 3.05) is 13.2 Å². The molecule has 0 aromatic carbocycles. The second kappa shape index (κ2) is 29.1. The summed E-state index contributed by atoms with van der Waals surface area (Å²) in [4.78, 5) is 45.1. The first-order chi connectivity index (χ1) is 17.4. The van der Waals surface area contributed by atoms with Crippen molar-refractivity contribution >= 4 is 63.5 Å². The van der Waals surface area contributed by atoms with Gasteiger partial charge in [0.15, 0.2) is 0 Å². The zero-order valence-electron chi connectivity index (χ0n) is 22.7. The molecule has 0 aliphatic rings. The summed E-state index contributed by atoms with van der Waals surface area (Å²) in [6.07, 6.45) is 16.3. The van der Waals surface area contributed by atoms with E-state index in [1.165, 1.54) is 0 Å². The van der Waals surface area contributed by atoms with Gasteiger partial charge < -0.3 is 19.1 Å². The van der Waals surface area contributed by atoms with Gasteiger partial charge >= 0.3 is 51.9 Å². The van der Waals surface area contributed by atoms with E-state index in [4.69, 9.17) is 27.0 Å². The van der Waals surface area contributed by atoms with Gasteiger partial charge in [0.2, 0.25) is 0 Å². The van der Waals surface area contributed by atoms with Crippen LogP contribution in [0.1, 0.15) is 129 Å². The van der Waals surface area contributed by atoms with Crippen molar-refractivity contribution in [3.63, 3.8) is 0 Å². The Bertz CT molecular complexity index is 672. The van der Waals surface area contributed by atoms with E-state index < -0.39 is 10.4 Å². The molecule has 10 nitrogen and oxygen atoms in total. The van der Waals surface area contributed by atoms with Crippen LogP contribution in [0.5, 0.6) is 0 Å². The van der Waals surface area contributed by atoms with Crippen LogP contribution >= 0.6 is 0 Å². The summed E-state index contributed by atoms with van der Waals surface area (Å²) in [5, 5.41) is 0. The van der Waals surface area contributed by atoms with Crippen molar-refractivity contribution in [1.29, 1.82) is 0 Å². The van der Waals surface area contributed by atoms with Gasteiger partial charge in [-0.2, -0.15) is 8.42 Å². The Labute approximate surface area is 251 Å². The maximum absolute atomic E-state index is 11.7. The van der Waals surface area contributed by atoms with Crippen molar-refractivity contribution in [2.45, 2.75) is 129 Å². The molecule has 0 radical (unpaired) electrons. The first-order valence-corrected chi connectivity index (χ1v) is 14.8. The van der Waals surface area contributed by atoms with E-state index in [0.29, 0.717) is 26.1 Å². The van der Waals surface area contributed by atoms with E-state index in [0.717, 1.165) is 89.9 Å². The van der Waals surface area contributed by atoms with Gasteiger partial charge in [0.25, 0.3) is 0 Å². The number of carbonyl (C=O) groups is 4. The summed E-state index contributed by atoms with van der Waals surface area (Å²) in [6, 6.07) is 0. The van der Waals surface area contributed by atoms with Gasteiger partial charge in [-0.05, 0) is 39.5 Å². The zero-order valence-corrected chi connectivity index (χ0v) is 23.5. The molecule has 0 fully saturated rings. The average Bonchev–Trinajstić information content (AvgIpc) is 2.78. The third kappa shape index (κ3) is 45.1. The molecule has 0 heterocycles. The Morgan fingerprint density at radius 2 is 0.737 bits per heavy atom. The fourth-order valence-electron chi connectivity index (χ4n) is 3.44. The van der Waals surface area contributed by atoms with Crippen molar-refractivity contribution < 1.29 is 46.2 Å². The van der Waals surface area contributed by atoms with Gasteiger partial charge in [0.1, 0.15) is 11.6 Å². The number of carbonyl (C=O) groups excluding carboxylic acids is 4. The average molecular weight is 577 g/mol. The van der Waals surface area contributed by atoms with Gasteiger partial charge in [-0.25, -0.2) is 0 Å². The molecule has 0 spiro atoms. The van der Waals surface area contributed by atoms with Crippen LogP contribution in [0, 0.1) is 0 Å². The van der Waals surface area contributed by atoms with E-state index in [9.17, 15) is 19.2 Å². The Kier molecular flexibility index (Phi) is 31.9. The molecule has 2 N–H and O–H groups in total. The molecule has 0 unspecified atom stereocenters. The first-order valence-electron chi connectivity index (χ1n) is 13.4. The molecule has 220 valence electrons. The molecule has 0 aliphatic carbocycles. The number of rotatable bonds is 23. The minimum atomic E-state index is -4.67. The predicted octanol–water partition coefficient (Wildman–Crippen LogP) is 4.97. The summed E-state index contributed by atoms with van der Waals surface area (Å²) in [6.45, 7) is 4.09. The Hall–Kier alpha value is -0.850. The third-order valence-electron chi connectivity index (χ3n) is 5.41. The number of Topliss-reactive ketones (excluding diaryl/α,β-unsaturated/α-hetero) is 2. The molecular formula is C26H49NaO10S. The van der Waals surface area contributed by atoms with Crippen LogP contribution in [0.4, 0.5) is 0 Å². The van der Waals surface area contributed by atoms with Crippen LogP contribution < -0.4 is 0 Å². The molecule has 12 heteroatoms. The summed E-state index contributed by atoms with van der Waals surface area (Å²) in [5.74, 6) is -0.145. The SMILES string of the molecule is CC(=O)CCCCCCCCCOC(=O)CCC(=O)OCCCCCCCCCC(C)=O.O=S(=O)(O)O.[NaH]. The van der Waals surface area contributed by atoms with Gasteiger partial charge in [0.05, 0.1) is 26.1 Å². The fourth-order valence-corrected chi connectivity index (χ4v) is 3.44. The summed E-state index contributed by atoms with van der Waals surface area (Å²) >= 11 is 0. The zero-order chi connectivity index (χ0) is 28.4.